The summed E-state index contributed by atoms with van der Waals surface area (Å²) in [5.74, 6) is 0. The smallest absolute Gasteiger partial charge is 0.143 e. The van der Waals surface area contributed by atoms with Crippen LogP contribution in [0.25, 0.3) is 10.7 Å². The molecule has 0 aliphatic heterocycles. The third-order valence-corrected chi connectivity index (χ3v) is 4.76. The molecular weight excluding hydrogens is 390 g/mol. The van der Waals surface area contributed by atoms with Gasteiger partial charge in [-0.2, -0.15) is 0 Å². The van der Waals surface area contributed by atoms with Crippen LogP contribution in [-0.2, 0) is 13.0 Å². The fraction of sp³-hybridized carbons (Fsp3) is 0.385. The number of aromatic nitrogens is 2. The lowest BCUT2D eigenvalue weighted by Gasteiger charge is -1.99. The van der Waals surface area contributed by atoms with E-state index < -0.39 is 0 Å². The number of halogens is 2. The largest absolute Gasteiger partial charge is 0.315 e. The molecule has 19 heavy (non-hydrogen) atoms. The van der Waals surface area contributed by atoms with Gasteiger partial charge in [0.05, 0.1) is 5.69 Å². The van der Waals surface area contributed by atoms with Crippen LogP contribution in [0.3, 0.4) is 0 Å². The monoisotopic (exact) mass is 403 g/mol. The maximum absolute atomic E-state index is 4.75. The van der Waals surface area contributed by atoms with Crippen molar-refractivity contribution in [1.82, 2.24) is 15.3 Å². The number of nitrogens with zero attached hydrogens (tertiary/aromatic N) is 2. The number of rotatable bonds is 5. The van der Waals surface area contributed by atoms with E-state index in [1.807, 2.05) is 13.1 Å². The summed E-state index contributed by atoms with van der Waals surface area (Å²) in [6, 6.07) is 2.00. The van der Waals surface area contributed by atoms with Crippen LogP contribution in [0.4, 0.5) is 0 Å². The second-order valence-corrected chi connectivity index (χ2v) is 7.01. The van der Waals surface area contributed by atoms with Crippen LogP contribution in [0.2, 0.25) is 0 Å². The predicted molar refractivity (Wildman–Crippen MR) is 87.5 cm³/mol. The summed E-state index contributed by atoms with van der Waals surface area (Å²) in [6.07, 6.45) is 3.93. The Kier molecular flexibility index (Phi) is 5.50. The van der Waals surface area contributed by atoms with Crippen LogP contribution in [0, 0.1) is 0 Å². The molecule has 2 rings (SSSR count). The molecule has 6 heteroatoms. The minimum Gasteiger partial charge on any atom is -0.315 e. The third-order valence-electron chi connectivity index (χ3n) is 2.61. The highest BCUT2D eigenvalue weighted by Crippen LogP contribution is 2.33. The summed E-state index contributed by atoms with van der Waals surface area (Å²) in [4.78, 5) is 10.5. The number of pyridine rings is 1. The van der Waals surface area contributed by atoms with Crippen molar-refractivity contribution < 1.29 is 0 Å². The van der Waals surface area contributed by atoms with Crippen molar-refractivity contribution in [3.63, 3.8) is 0 Å². The first-order valence-corrected chi connectivity index (χ1v) is 8.50. The standard InChI is InChI=1S/C13H15Br2N3S/c1-3-4-10-11(7-16-2)19-13(18-10)12-9(15)5-8(14)6-17-12/h5-6,16H,3-4,7H2,1-2H3. The zero-order valence-electron chi connectivity index (χ0n) is 10.8. The molecule has 0 atom stereocenters. The zero-order chi connectivity index (χ0) is 13.8. The van der Waals surface area contributed by atoms with E-state index in [-0.39, 0.29) is 0 Å². The number of hydrogen-bond acceptors (Lipinski definition) is 4. The topological polar surface area (TPSA) is 37.8 Å². The second kappa shape index (κ2) is 6.92. The van der Waals surface area contributed by atoms with Gasteiger partial charge in [-0.1, -0.05) is 13.3 Å². The van der Waals surface area contributed by atoms with Gasteiger partial charge in [0.1, 0.15) is 10.7 Å². The fourth-order valence-corrected chi connectivity index (χ4v) is 4.22. The van der Waals surface area contributed by atoms with Crippen LogP contribution in [0.1, 0.15) is 23.9 Å². The summed E-state index contributed by atoms with van der Waals surface area (Å²) in [6.45, 7) is 3.04. The minimum atomic E-state index is 0.862. The van der Waals surface area contributed by atoms with Gasteiger partial charge in [-0.25, -0.2) is 4.98 Å². The Morgan fingerprint density at radius 2 is 2.16 bits per heavy atom. The van der Waals surface area contributed by atoms with Crippen molar-refractivity contribution in [2.24, 2.45) is 0 Å². The van der Waals surface area contributed by atoms with Gasteiger partial charge in [-0.15, -0.1) is 11.3 Å². The molecule has 0 saturated heterocycles. The predicted octanol–water partition coefficient (Wildman–Crippen LogP) is 4.40. The zero-order valence-corrected chi connectivity index (χ0v) is 14.8. The first-order chi connectivity index (χ1) is 9.15. The first kappa shape index (κ1) is 15.1. The molecule has 0 unspecified atom stereocenters. The van der Waals surface area contributed by atoms with Crippen LogP contribution >= 0.6 is 43.2 Å². The summed E-state index contributed by atoms with van der Waals surface area (Å²) in [5, 5.41) is 4.18. The van der Waals surface area contributed by atoms with E-state index in [1.165, 1.54) is 10.6 Å². The van der Waals surface area contributed by atoms with Crippen molar-refractivity contribution in [2.45, 2.75) is 26.3 Å². The van der Waals surface area contributed by atoms with E-state index in [0.29, 0.717) is 0 Å². The molecule has 1 N–H and O–H groups in total. The lowest BCUT2D eigenvalue weighted by molar-refractivity contribution is 0.798. The second-order valence-electron chi connectivity index (χ2n) is 4.15. The van der Waals surface area contributed by atoms with E-state index in [9.17, 15) is 0 Å². The van der Waals surface area contributed by atoms with Crippen LogP contribution in [0.15, 0.2) is 21.2 Å². The quantitative estimate of drug-likeness (QED) is 0.802. The molecular formula is C13H15Br2N3S. The third kappa shape index (κ3) is 3.62. The molecule has 2 aromatic heterocycles. The number of hydrogen-bond donors (Lipinski definition) is 1. The molecule has 0 aromatic carbocycles. The Hall–Kier alpha value is -0.300. The van der Waals surface area contributed by atoms with Crippen LogP contribution in [-0.4, -0.2) is 17.0 Å². The molecule has 0 fully saturated rings. The maximum Gasteiger partial charge on any atom is 0.143 e. The van der Waals surface area contributed by atoms with Gasteiger partial charge >= 0.3 is 0 Å². The summed E-state index contributed by atoms with van der Waals surface area (Å²) in [7, 11) is 1.96. The average Bonchev–Trinajstić information content (AvgIpc) is 2.73. The summed E-state index contributed by atoms with van der Waals surface area (Å²) >= 11 is 8.69. The highest BCUT2D eigenvalue weighted by molar-refractivity contribution is 9.11. The molecule has 0 saturated carbocycles. The molecule has 2 aromatic rings. The molecule has 0 spiro atoms. The van der Waals surface area contributed by atoms with Gasteiger partial charge in [-0.05, 0) is 51.4 Å². The Balaban J connectivity index is 2.41. The molecule has 3 nitrogen and oxygen atoms in total. The Labute approximate surface area is 134 Å². The maximum atomic E-state index is 4.75. The fourth-order valence-electron chi connectivity index (χ4n) is 1.79. The van der Waals surface area contributed by atoms with Gasteiger partial charge in [0.15, 0.2) is 0 Å². The number of nitrogens with one attached hydrogen (secondary N) is 1. The van der Waals surface area contributed by atoms with Gasteiger partial charge in [0, 0.05) is 26.6 Å². The van der Waals surface area contributed by atoms with Crippen LogP contribution in [0.5, 0.6) is 0 Å². The van der Waals surface area contributed by atoms with Gasteiger partial charge in [0.25, 0.3) is 0 Å². The lowest BCUT2D eigenvalue weighted by Crippen LogP contribution is -2.05. The Morgan fingerprint density at radius 3 is 2.79 bits per heavy atom. The Bertz CT molecular complexity index is 546. The van der Waals surface area contributed by atoms with Crippen molar-refractivity contribution in [2.75, 3.05) is 7.05 Å². The SMILES string of the molecule is CCCc1nc(-c2ncc(Br)cc2Br)sc1CNC. The van der Waals surface area contributed by atoms with Gasteiger partial charge in [-0.3, -0.25) is 4.98 Å². The van der Waals surface area contributed by atoms with E-state index >= 15 is 0 Å². The van der Waals surface area contributed by atoms with Crippen molar-refractivity contribution in [3.05, 3.63) is 31.8 Å². The molecule has 0 radical (unpaired) electrons. The summed E-state index contributed by atoms with van der Waals surface area (Å²) in [5.41, 5.74) is 2.10. The van der Waals surface area contributed by atoms with E-state index in [0.717, 1.165) is 39.0 Å². The van der Waals surface area contributed by atoms with Gasteiger partial charge in [0.2, 0.25) is 0 Å². The molecule has 0 aliphatic carbocycles. The normalized spacial score (nSPS) is 10.9. The summed E-state index contributed by atoms with van der Waals surface area (Å²) < 4.78 is 1.93. The van der Waals surface area contributed by atoms with E-state index in [4.69, 9.17) is 4.98 Å². The molecule has 0 aliphatic rings. The van der Waals surface area contributed by atoms with E-state index in [1.54, 1.807) is 17.5 Å². The highest BCUT2D eigenvalue weighted by atomic mass is 79.9. The van der Waals surface area contributed by atoms with Crippen LogP contribution < -0.4 is 5.32 Å². The molecule has 0 bridgehead atoms. The van der Waals surface area contributed by atoms with Crippen molar-refractivity contribution in [1.29, 1.82) is 0 Å². The average molecular weight is 405 g/mol. The minimum absolute atomic E-state index is 0.862. The lowest BCUT2D eigenvalue weighted by atomic mass is 10.2. The molecule has 0 amide bonds. The van der Waals surface area contributed by atoms with Crippen molar-refractivity contribution in [3.8, 4) is 10.7 Å². The highest BCUT2D eigenvalue weighted by Gasteiger charge is 2.14. The van der Waals surface area contributed by atoms with Crippen molar-refractivity contribution >= 4 is 43.2 Å². The number of thiazole rings is 1. The Morgan fingerprint density at radius 1 is 1.37 bits per heavy atom. The molecule has 102 valence electrons. The van der Waals surface area contributed by atoms with Gasteiger partial charge < -0.3 is 5.32 Å². The first-order valence-electron chi connectivity index (χ1n) is 6.10. The van der Waals surface area contributed by atoms with E-state index in [2.05, 4.69) is 49.1 Å². The molecule has 2 heterocycles. The number of aryl methyl sites for hydroxylation is 1.